The van der Waals surface area contributed by atoms with Gasteiger partial charge in [0.1, 0.15) is 0 Å². The molecule has 1 saturated carbocycles. The van der Waals surface area contributed by atoms with Crippen LogP contribution in [0.25, 0.3) is 0 Å². The van der Waals surface area contributed by atoms with Crippen molar-refractivity contribution in [2.75, 3.05) is 6.61 Å². The Hall–Kier alpha value is -1.04. The Balaban J connectivity index is 2.31. The summed E-state index contributed by atoms with van der Waals surface area (Å²) >= 11 is 0. The minimum atomic E-state index is -4.40. The number of nitrogens with zero attached hydrogens (tertiary/aromatic N) is 2. The topological polar surface area (TPSA) is 38.0 Å². The predicted molar refractivity (Wildman–Crippen MR) is 46.3 cm³/mol. The molecule has 2 rings (SSSR count). The summed E-state index contributed by atoms with van der Waals surface area (Å²) in [6.45, 7) is -0.0688. The van der Waals surface area contributed by atoms with Gasteiger partial charge >= 0.3 is 6.18 Å². The van der Waals surface area contributed by atoms with Crippen LogP contribution in [0, 0.1) is 0 Å². The van der Waals surface area contributed by atoms with E-state index in [0.717, 1.165) is 18.9 Å². The lowest BCUT2D eigenvalue weighted by Crippen LogP contribution is -2.10. The van der Waals surface area contributed by atoms with Crippen molar-refractivity contribution < 1.29 is 18.3 Å². The summed E-state index contributed by atoms with van der Waals surface area (Å²) in [6, 6.07) is 1.09. The second-order valence-corrected chi connectivity index (χ2v) is 3.67. The first-order chi connectivity index (χ1) is 7.02. The van der Waals surface area contributed by atoms with Gasteiger partial charge < -0.3 is 5.11 Å². The first kappa shape index (κ1) is 10.5. The number of hydrogen-bond donors (Lipinski definition) is 1. The van der Waals surface area contributed by atoms with Gasteiger partial charge in [-0.05, 0) is 18.9 Å². The fourth-order valence-electron chi connectivity index (χ4n) is 1.55. The molecule has 3 nitrogen and oxygen atoms in total. The third kappa shape index (κ3) is 2.14. The van der Waals surface area contributed by atoms with Gasteiger partial charge in [-0.15, -0.1) is 0 Å². The lowest BCUT2D eigenvalue weighted by Gasteiger charge is -2.03. The van der Waals surface area contributed by atoms with E-state index in [4.69, 9.17) is 5.11 Å². The van der Waals surface area contributed by atoms with Crippen molar-refractivity contribution in [2.45, 2.75) is 31.5 Å². The summed E-state index contributed by atoms with van der Waals surface area (Å²) in [7, 11) is 0. The van der Waals surface area contributed by atoms with Crippen LogP contribution in [0.15, 0.2) is 6.07 Å². The molecule has 84 valence electrons. The molecule has 0 unspecified atom stereocenters. The molecule has 0 spiro atoms. The van der Waals surface area contributed by atoms with Crippen molar-refractivity contribution in [1.82, 2.24) is 9.78 Å². The van der Waals surface area contributed by atoms with Gasteiger partial charge in [0.2, 0.25) is 0 Å². The van der Waals surface area contributed by atoms with Crippen LogP contribution in [0.2, 0.25) is 0 Å². The molecule has 0 aliphatic heterocycles. The molecule has 0 radical (unpaired) electrons. The van der Waals surface area contributed by atoms with Crippen molar-refractivity contribution in [2.24, 2.45) is 0 Å². The van der Waals surface area contributed by atoms with E-state index in [-0.39, 0.29) is 19.1 Å². The molecular formula is C9H11F3N2O. The van der Waals surface area contributed by atoms with Gasteiger partial charge in [-0.2, -0.15) is 18.3 Å². The van der Waals surface area contributed by atoms with Crippen molar-refractivity contribution in [3.8, 4) is 0 Å². The van der Waals surface area contributed by atoms with Crippen LogP contribution in [0.5, 0.6) is 0 Å². The lowest BCUT2D eigenvalue weighted by atomic mass is 10.2. The Morgan fingerprint density at radius 2 is 2.13 bits per heavy atom. The Labute approximate surface area is 84.5 Å². The maximum atomic E-state index is 12.4. The number of aromatic nitrogens is 2. The predicted octanol–water partition coefficient (Wildman–Crippen LogP) is 1.77. The SMILES string of the molecule is OCCn1nc(C(F)(F)F)cc1C1CC1. The molecule has 6 heteroatoms. The molecule has 1 aliphatic rings. The van der Waals surface area contributed by atoms with Crippen molar-refractivity contribution in [1.29, 1.82) is 0 Å². The molecular weight excluding hydrogens is 209 g/mol. The summed E-state index contributed by atoms with van der Waals surface area (Å²) in [6.07, 6.45) is -2.58. The van der Waals surface area contributed by atoms with Crippen LogP contribution in [0.1, 0.15) is 30.1 Å². The fourth-order valence-corrected chi connectivity index (χ4v) is 1.55. The first-order valence-electron chi connectivity index (χ1n) is 4.78. The highest BCUT2D eigenvalue weighted by Gasteiger charge is 2.37. The number of halogens is 3. The second-order valence-electron chi connectivity index (χ2n) is 3.67. The summed E-state index contributed by atoms with van der Waals surface area (Å²) in [5.41, 5.74) is -0.269. The van der Waals surface area contributed by atoms with E-state index in [2.05, 4.69) is 5.10 Å². The minimum absolute atomic E-state index is 0.127. The summed E-state index contributed by atoms with van der Waals surface area (Å²) < 4.78 is 38.4. The van der Waals surface area contributed by atoms with E-state index in [0.29, 0.717) is 5.69 Å². The van der Waals surface area contributed by atoms with Crippen LogP contribution < -0.4 is 0 Å². The van der Waals surface area contributed by atoms with Crippen LogP contribution in [-0.2, 0) is 12.7 Å². The molecule has 1 heterocycles. The Kier molecular flexibility index (Phi) is 2.46. The molecule has 0 bridgehead atoms. The molecule has 1 aliphatic carbocycles. The van der Waals surface area contributed by atoms with Gasteiger partial charge in [0.25, 0.3) is 0 Å². The zero-order chi connectivity index (χ0) is 11.1. The number of aliphatic hydroxyl groups excluding tert-OH is 1. The molecule has 1 aromatic rings. The van der Waals surface area contributed by atoms with Gasteiger partial charge in [-0.3, -0.25) is 4.68 Å². The smallest absolute Gasteiger partial charge is 0.394 e. The van der Waals surface area contributed by atoms with E-state index in [1.54, 1.807) is 0 Å². The third-order valence-electron chi connectivity index (χ3n) is 2.41. The maximum Gasteiger partial charge on any atom is 0.435 e. The van der Waals surface area contributed by atoms with Crippen LogP contribution >= 0.6 is 0 Å². The summed E-state index contributed by atoms with van der Waals surface area (Å²) in [5, 5.41) is 12.2. The zero-order valence-electron chi connectivity index (χ0n) is 7.96. The summed E-state index contributed by atoms with van der Waals surface area (Å²) in [4.78, 5) is 0. The van der Waals surface area contributed by atoms with E-state index in [1.165, 1.54) is 4.68 Å². The van der Waals surface area contributed by atoms with Crippen molar-refractivity contribution >= 4 is 0 Å². The highest BCUT2D eigenvalue weighted by molar-refractivity contribution is 5.20. The summed E-state index contributed by atoms with van der Waals surface area (Å²) in [5.74, 6) is 0.195. The number of alkyl halides is 3. The first-order valence-corrected chi connectivity index (χ1v) is 4.78. The highest BCUT2D eigenvalue weighted by Crippen LogP contribution is 2.41. The van der Waals surface area contributed by atoms with Crippen molar-refractivity contribution in [3.63, 3.8) is 0 Å². The van der Waals surface area contributed by atoms with Crippen LogP contribution in [-0.4, -0.2) is 21.5 Å². The van der Waals surface area contributed by atoms with E-state index >= 15 is 0 Å². The Bertz CT molecular complexity index is 355. The third-order valence-corrected chi connectivity index (χ3v) is 2.41. The van der Waals surface area contributed by atoms with Gasteiger partial charge in [-0.25, -0.2) is 0 Å². The quantitative estimate of drug-likeness (QED) is 0.843. The van der Waals surface area contributed by atoms with E-state index < -0.39 is 11.9 Å². The highest BCUT2D eigenvalue weighted by atomic mass is 19.4. The number of hydrogen-bond acceptors (Lipinski definition) is 2. The minimum Gasteiger partial charge on any atom is -0.394 e. The molecule has 0 amide bonds. The molecule has 0 aromatic carbocycles. The average molecular weight is 220 g/mol. The normalized spacial score (nSPS) is 17.1. The van der Waals surface area contributed by atoms with Gasteiger partial charge in [-0.1, -0.05) is 0 Å². The monoisotopic (exact) mass is 220 g/mol. The molecule has 15 heavy (non-hydrogen) atoms. The lowest BCUT2D eigenvalue weighted by molar-refractivity contribution is -0.141. The number of rotatable bonds is 3. The molecule has 0 atom stereocenters. The molecule has 0 saturated heterocycles. The average Bonchev–Trinajstić information content (AvgIpc) is 2.87. The Morgan fingerprint density at radius 1 is 1.47 bits per heavy atom. The fraction of sp³-hybridized carbons (Fsp3) is 0.667. The van der Waals surface area contributed by atoms with Crippen molar-refractivity contribution in [3.05, 3.63) is 17.5 Å². The maximum absolute atomic E-state index is 12.4. The number of aliphatic hydroxyl groups is 1. The molecule has 1 N–H and O–H groups in total. The van der Waals surface area contributed by atoms with Gasteiger partial charge in [0.15, 0.2) is 5.69 Å². The van der Waals surface area contributed by atoms with Gasteiger partial charge in [0.05, 0.1) is 13.2 Å². The standard InChI is InChI=1S/C9H11F3N2O/c10-9(11,12)8-5-7(6-1-2-6)14(13-8)3-4-15/h5-6,15H,1-4H2. The van der Waals surface area contributed by atoms with Gasteiger partial charge in [0, 0.05) is 11.6 Å². The largest absolute Gasteiger partial charge is 0.435 e. The van der Waals surface area contributed by atoms with Crippen LogP contribution in [0.4, 0.5) is 13.2 Å². The van der Waals surface area contributed by atoms with E-state index in [1.807, 2.05) is 0 Å². The van der Waals surface area contributed by atoms with E-state index in [9.17, 15) is 13.2 Å². The van der Waals surface area contributed by atoms with Crippen LogP contribution in [0.3, 0.4) is 0 Å². The second kappa shape index (κ2) is 3.52. The molecule has 1 fully saturated rings. The zero-order valence-corrected chi connectivity index (χ0v) is 7.96. The Morgan fingerprint density at radius 3 is 2.60 bits per heavy atom. The molecule has 1 aromatic heterocycles.